The van der Waals surface area contributed by atoms with E-state index in [1.807, 2.05) is 18.2 Å². The standard InChI is InChI=1S/C22H28N2O3S/c1-27-18-9-10-20-16(14-18)11-13-24-21(20)22(17-6-5-12-23-15-17)28(25,26)19-7-3-2-4-8-19/h2-4,7-10,14,17,21-24H,5-6,11-13,15H2,1H3. The third-order valence-electron chi connectivity index (χ3n) is 6.00. The second-order valence-corrected chi connectivity index (χ2v) is 9.78. The number of piperidine rings is 1. The maximum Gasteiger partial charge on any atom is 0.183 e. The van der Waals surface area contributed by atoms with Crippen LogP contribution in [0.3, 0.4) is 0 Å². The molecule has 0 bridgehead atoms. The highest BCUT2D eigenvalue weighted by Gasteiger charge is 2.43. The van der Waals surface area contributed by atoms with Crippen molar-refractivity contribution in [2.45, 2.75) is 35.4 Å². The molecule has 2 N–H and O–H groups in total. The molecule has 2 aromatic rings. The SMILES string of the molecule is COc1ccc2c(c1)CCNC2C(C1CCCNC1)S(=O)(=O)c1ccccc1. The summed E-state index contributed by atoms with van der Waals surface area (Å²) in [5.41, 5.74) is 2.27. The second-order valence-electron chi connectivity index (χ2n) is 7.68. The summed E-state index contributed by atoms with van der Waals surface area (Å²) in [7, 11) is -1.83. The molecule has 1 fully saturated rings. The molecule has 0 aliphatic carbocycles. The Labute approximate surface area is 167 Å². The fraction of sp³-hybridized carbons (Fsp3) is 0.455. The van der Waals surface area contributed by atoms with Crippen molar-refractivity contribution in [3.63, 3.8) is 0 Å². The molecule has 1 saturated heterocycles. The lowest BCUT2D eigenvalue weighted by Gasteiger charge is -2.39. The number of fused-ring (bicyclic) bond motifs is 1. The number of sulfone groups is 1. The van der Waals surface area contributed by atoms with Crippen LogP contribution in [-0.2, 0) is 16.3 Å². The van der Waals surface area contributed by atoms with Gasteiger partial charge in [0.2, 0.25) is 0 Å². The van der Waals surface area contributed by atoms with Gasteiger partial charge in [-0.15, -0.1) is 0 Å². The predicted molar refractivity (Wildman–Crippen MR) is 110 cm³/mol. The summed E-state index contributed by atoms with van der Waals surface area (Å²) in [5, 5.41) is 6.44. The molecule has 3 unspecified atom stereocenters. The van der Waals surface area contributed by atoms with Crippen molar-refractivity contribution in [2.24, 2.45) is 5.92 Å². The predicted octanol–water partition coefficient (Wildman–Crippen LogP) is 2.72. The van der Waals surface area contributed by atoms with Crippen LogP contribution in [0.5, 0.6) is 5.75 Å². The smallest absolute Gasteiger partial charge is 0.183 e. The molecule has 0 aromatic heterocycles. The summed E-state index contributed by atoms with van der Waals surface area (Å²) in [6, 6.07) is 14.7. The molecular formula is C22H28N2O3S. The van der Waals surface area contributed by atoms with Gasteiger partial charge in [0, 0.05) is 6.04 Å². The summed E-state index contributed by atoms with van der Waals surface area (Å²) in [6.07, 6.45) is 2.81. The quantitative estimate of drug-likeness (QED) is 0.808. The van der Waals surface area contributed by atoms with Crippen LogP contribution in [0.1, 0.15) is 30.0 Å². The zero-order chi connectivity index (χ0) is 19.6. The summed E-state index contributed by atoms with van der Waals surface area (Å²) in [4.78, 5) is 0.410. The van der Waals surface area contributed by atoms with E-state index in [2.05, 4.69) is 16.7 Å². The van der Waals surface area contributed by atoms with Crippen molar-refractivity contribution in [3.8, 4) is 5.75 Å². The Hall–Kier alpha value is -1.89. The molecule has 2 aliphatic rings. The van der Waals surface area contributed by atoms with Gasteiger partial charge in [-0.25, -0.2) is 8.42 Å². The first-order valence-electron chi connectivity index (χ1n) is 10.0. The van der Waals surface area contributed by atoms with E-state index in [9.17, 15) is 8.42 Å². The van der Waals surface area contributed by atoms with Gasteiger partial charge in [0.15, 0.2) is 9.84 Å². The fourth-order valence-electron chi connectivity index (χ4n) is 4.63. The Morgan fingerprint density at radius 3 is 2.64 bits per heavy atom. The summed E-state index contributed by atoms with van der Waals surface area (Å²) in [5.74, 6) is 0.894. The van der Waals surface area contributed by atoms with Crippen LogP contribution in [0.15, 0.2) is 53.4 Å². The van der Waals surface area contributed by atoms with E-state index in [-0.39, 0.29) is 12.0 Å². The van der Waals surface area contributed by atoms with Gasteiger partial charge in [-0.2, -0.15) is 0 Å². The largest absolute Gasteiger partial charge is 0.497 e. The average Bonchev–Trinajstić information content (AvgIpc) is 2.75. The minimum Gasteiger partial charge on any atom is -0.497 e. The Bertz CT molecular complexity index is 909. The van der Waals surface area contributed by atoms with Crippen molar-refractivity contribution in [3.05, 3.63) is 59.7 Å². The van der Waals surface area contributed by atoms with Crippen LogP contribution >= 0.6 is 0 Å². The Morgan fingerprint density at radius 2 is 1.93 bits per heavy atom. The lowest BCUT2D eigenvalue weighted by Crippen LogP contribution is -2.49. The van der Waals surface area contributed by atoms with Gasteiger partial charge in [-0.1, -0.05) is 24.3 Å². The number of rotatable bonds is 5. The molecule has 2 aliphatic heterocycles. The first kappa shape index (κ1) is 19.4. The third-order valence-corrected chi connectivity index (χ3v) is 8.30. The van der Waals surface area contributed by atoms with E-state index < -0.39 is 15.1 Å². The number of ether oxygens (including phenoxy) is 1. The zero-order valence-corrected chi connectivity index (χ0v) is 17.0. The minimum absolute atomic E-state index is 0.0736. The van der Waals surface area contributed by atoms with Crippen LogP contribution < -0.4 is 15.4 Å². The van der Waals surface area contributed by atoms with Crippen molar-refractivity contribution in [1.82, 2.24) is 10.6 Å². The zero-order valence-electron chi connectivity index (χ0n) is 16.2. The van der Waals surface area contributed by atoms with Crippen molar-refractivity contribution >= 4 is 9.84 Å². The Balaban J connectivity index is 1.79. The monoisotopic (exact) mass is 400 g/mol. The molecule has 150 valence electrons. The molecule has 0 saturated carbocycles. The molecule has 0 radical (unpaired) electrons. The Kier molecular flexibility index (Phi) is 5.71. The van der Waals surface area contributed by atoms with Crippen molar-refractivity contribution < 1.29 is 13.2 Å². The number of benzene rings is 2. The Morgan fingerprint density at radius 1 is 1.11 bits per heavy atom. The van der Waals surface area contributed by atoms with E-state index in [0.29, 0.717) is 4.90 Å². The van der Waals surface area contributed by atoms with E-state index >= 15 is 0 Å². The van der Waals surface area contributed by atoms with Gasteiger partial charge in [0.25, 0.3) is 0 Å². The third kappa shape index (κ3) is 3.69. The van der Waals surface area contributed by atoms with Crippen LogP contribution in [0.2, 0.25) is 0 Å². The molecule has 6 heteroatoms. The highest BCUT2D eigenvalue weighted by atomic mass is 32.2. The molecule has 0 spiro atoms. The highest BCUT2D eigenvalue weighted by Crippen LogP contribution is 2.38. The van der Waals surface area contributed by atoms with Gasteiger partial charge >= 0.3 is 0 Å². The lowest BCUT2D eigenvalue weighted by molar-refractivity contribution is 0.310. The van der Waals surface area contributed by atoms with E-state index in [4.69, 9.17) is 4.74 Å². The van der Waals surface area contributed by atoms with Gasteiger partial charge < -0.3 is 15.4 Å². The van der Waals surface area contributed by atoms with Crippen molar-refractivity contribution in [2.75, 3.05) is 26.7 Å². The maximum atomic E-state index is 13.8. The number of hydrogen-bond acceptors (Lipinski definition) is 5. The molecule has 4 rings (SSSR count). The molecule has 3 atom stereocenters. The van der Waals surface area contributed by atoms with Gasteiger partial charge in [-0.3, -0.25) is 0 Å². The van der Waals surface area contributed by atoms with Gasteiger partial charge in [0.05, 0.1) is 17.3 Å². The lowest BCUT2D eigenvalue weighted by atomic mass is 9.85. The molecule has 0 amide bonds. The molecule has 28 heavy (non-hydrogen) atoms. The maximum absolute atomic E-state index is 13.8. The fourth-order valence-corrected chi connectivity index (χ4v) is 6.82. The van der Waals surface area contributed by atoms with Crippen LogP contribution in [-0.4, -0.2) is 40.4 Å². The number of nitrogens with one attached hydrogen (secondary N) is 2. The summed E-state index contributed by atoms with van der Waals surface area (Å²) in [6.45, 7) is 2.46. The minimum atomic E-state index is -3.49. The molecule has 5 nitrogen and oxygen atoms in total. The van der Waals surface area contributed by atoms with Crippen LogP contribution in [0.25, 0.3) is 0 Å². The van der Waals surface area contributed by atoms with Crippen LogP contribution in [0.4, 0.5) is 0 Å². The normalized spacial score (nSPS) is 23.6. The summed E-state index contributed by atoms with van der Waals surface area (Å²) >= 11 is 0. The highest BCUT2D eigenvalue weighted by molar-refractivity contribution is 7.92. The first-order valence-corrected chi connectivity index (χ1v) is 11.6. The first-order chi connectivity index (χ1) is 13.6. The van der Waals surface area contributed by atoms with E-state index in [0.717, 1.165) is 50.2 Å². The average molecular weight is 401 g/mol. The molecule has 2 aromatic carbocycles. The van der Waals surface area contributed by atoms with E-state index in [1.165, 1.54) is 5.56 Å². The summed E-state index contributed by atoms with van der Waals surface area (Å²) < 4.78 is 32.9. The molecular weight excluding hydrogens is 372 g/mol. The van der Waals surface area contributed by atoms with E-state index in [1.54, 1.807) is 31.4 Å². The van der Waals surface area contributed by atoms with Gasteiger partial charge in [-0.05, 0) is 80.2 Å². The second kappa shape index (κ2) is 8.23. The number of hydrogen-bond donors (Lipinski definition) is 2. The molecule has 2 heterocycles. The van der Waals surface area contributed by atoms with Crippen LogP contribution in [0, 0.1) is 5.92 Å². The number of methoxy groups -OCH3 is 1. The topological polar surface area (TPSA) is 67.4 Å². The van der Waals surface area contributed by atoms with Gasteiger partial charge in [0.1, 0.15) is 5.75 Å². The van der Waals surface area contributed by atoms with Crippen molar-refractivity contribution in [1.29, 1.82) is 0 Å².